The van der Waals surface area contributed by atoms with Crippen molar-refractivity contribution >= 4 is 23.5 Å². The number of aliphatic carboxylic acids is 1. The molecule has 2 fully saturated rings. The molecule has 3 aromatic rings. The lowest BCUT2D eigenvalue weighted by Crippen LogP contribution is -2.46. The summed E-state index contributed by atoms with van der Waals surface area (Å²) in [4.78, 5) is 24.9. The highest BCUT2D eigenvalue weighted by atomic mass is 35.5. The largest absolute Gasteiger partial charge is 0.481 e. The maximum atomic E-state index is 11.9. The molecule has 0 unspecified atom stereocenters. The fourth-order valence-electron chi connectivity index (χ4n) is 5.78. The van der Waals surface area contributed by atoms with Gasteiger partial charge < -0.3 is 35.0 Å². The molecule has 0 saturated carbocycles. The number of nitrogens with one attached hydrogen (secondary N) is 1. The number of aliphatic hydroxyl groups is 2. The van der Waals surface area contributed by atoms with Crippen LogP contribution in [0.1, 0.15) is 72.3 Å². The van der Waals surface area contributed by atoms with Crippen molar-refractivity contribution in [3.63, 3.8) is 0 Å². The average Bonchev–Trinajstić information content (AvgIpc) is 3.04. The fourth-order valence-corrected chi connectivity index (χ4v) is 5.90. The topological polar surface area (TPSA) is 129 Å². The van der Waals surface area contributed by atoms with Crippen LogP contribution in [-0.4, -0.2) is 57.8 Å². The van der Waals surface area contributed by atoms with Crippen LogP contribution in [0.25, 0.3) is 0 Å². The van der Waals surface area contributed by atoms with E-state index in [2.05, 4.69) is 10.2 Å². The van der Waals surface area contributed by atoms with Gasteiger partial charge in [0.1, 0.15) is 0 Å². The molecule has 5 rings (SSSR count). The van der Waals surface area contributed by atoms with E-state index in [1.165, 1.54) is 0 Å². The Balaban J connectivity index is 1.24. The van der Waals surface area contributed by atoms with Crippen molar-refractivity contribution in [2.45, 2.75) is 69.4 Å². The van der Waals surface area contributed by atoms with Crippen LogP contribution in [0.4, 0.5) is 0 Å². The molecule has 0 aromatic heterocycles. The second kappa shape index (κ2) is 14.6. The molecule has 3 atom stereocenters. The molecule has 0 bridgehead atoms. The summed E-state index contributed by atoms with van der Waals surface area (Å²) in [5.41, 5.74) is 3.58. The van der Waals surface area contributed by atoms with Gasteiger partial charge in [0.05, 0.1) is 30.8 Å². The lowest BCUT2D eigenvalue weighted by atomic mass is 9.84. The van der Waals surface area contributed by atoms with Crippen LogP contribution in [0.3, 0.4) is 0 Å². The van der Waals surface area contributed by atoms with E-state index in [9.17, 15) is 19.8 Å². The molecule has 4 N–H and O–H groups in total. The number of halogens is 1. The van der Waals surface area contributed by atoms with Crippen molar-refractivity contribution in [3.8, 4) is 0 Å². The summed E-state index contributed by atoms with van der Waals surface area (Å²) in [6, 6.07) is 22.8. The summed E-state index contributed by atoms with van der Waals surface area (Å²) in [6.45, 7) is 2.43. The minimum absolute atomic E-state index is 0.0240. The van der Waals surface area contributed by atoms with Crippen LogP contribution in [0.5, 0.6) is 0 Å². The standard InChI is InChI=1S/C34H39ClN2O7/c35-28-11-9-27(10-12-28)34(42)15-17-37(18-16-34)21-29-19-30(25-5-3-24(22-38)4-6-25)44-33(43-29)26-7-1-23(2-8-26)20-36-31(39)13-14-32(40)41/h1-12,29-30,33,38,42H,13-22H2,(H,36,39)(H,40,41)/t29-,30+,33+/m1/s1. The normalized spacial score (nSPS) is 21.9. The van der Waals surface area contributed by atoms with Gasteiger partial charge in [-0.1, -0.05) is 72.3 Å². The van der Waals surface area contributed by atoms with Crippen molar-refractivity contribution in [1.29, 1.82) is 0 Å². The van der Waals surface area contributed by atoms with E-state index < -0.39 is 17.9 Å². The number of rotatable bonds is 11. The molecule has 10 heteroatoms. The summed E-state index contributed by atoms with van der Waals surface area (Å²) in [6.07, 6.45) is 0.688. The Labute approximate surface area is 262 Å². The molecule has 0 aliphatic carbocycles. The molecule has 234 valence electrons. The molecule has 2 aliphatic heterocycles. The Hall–Kier alpha value is -3.31. The van der Waals surface area contributed by atoms with Crippen molar-refractivity contribution in [2.75, 3.05) is 19.6 Å². The van der Waals surface area contributed by atoms with Gasteiger partial charge in [0.2, 0.25) is 5.91 Å². The van der Waals surface area contributed by atoms with Crippen LogP contribution >= 0.6 is 11.6 Å². The molecule has 3 aromatic carbocycles. The summed E-state index contributed by atoms with van der Waals surface area (Å²) in [5.74, 6) is -1.31. The third kappa shape index (κ3) is 8.44. The molecule has 0 spiro atoms. The Morgan fingerprint density at radius 1 is 0.886 bits per heavy atom. The third-order valence-corrected chi connectivity index (χ3v) is 8.70. The quantitative estimate of drug-likeness (QED) is 0.239. The zero-order valence-electron chi connectivity index (χ0n) is 24.5. The first-order chi connectivity index (χ1) is 21.2. The lowest BCUT2D eigenvalue weighted by Gasteiger charge is -2.42. The number of likely N-dealkylation sites (tertiary alicyclic amines) is 1. The number of hydrogen-bond acceptors (Lipinski definition) is 7. The van der Waals surface area contributed by atoms with E-state index in [0.29, 0.717) is 37.4 Å². The molecule has 0 radical (unpaired) electrons. The zero-order valence-corrected chi connectivity index (χ0v) is 25.3. The van der Waals surface area contributed by atoms with E-state index >= 15 is 0 Å². The number of amides is 1. The Bertz CT molecular complexity index is 1390. The molecular formula is C34H39ClN2O7. The first kappa shape index (κ1) is 32.1. The molecule has 44 heavy (non-hydrogen) atoms. The molecule has 2 aliphatic rings. The summed E-state index contributed by atoms with van der Waals surface area (Å²) in [5, 5.41) is 33.0. The maximum absolute atomic E-state index is 11.9. The Kier molecular flexibility index (Phi) is 10.7. The van der Waals surface area contributed by atoms with Crippen molar-refractivity contribution in [3.05, 3.63) is 106 Å². The summed E-state index contributed by atoms with van der Waals surface area (Å²) in [7, 11) is 0. The number of aliphatic hydroxyl groups excluding tert-OH is 1. The Morgan fingerprint density at radius 2 is 1.52 bits per heavy atom. The second-order valence-electron chi connectivity index (χ2n) is 11.6. The minimum atomic E-state index is -1.00. The van der Waals surface area contributed by atoms with Crippen molar-refractivity contribution in [1.82, 2.24) is 10.2 Å². The van der Waals surface area contributed by atoms with Gasteiger partial charge in [-0.25, -0.2) is 0 Å². The zero-order chi connectivity index (χ0) is 31.1. The number of carboxylic acid groups (broad SMARTS) is 1. The van der Waals surface area contributed by atoms with E-state index in [4.69, 9.17) is 26.2 Å². The van der Waals surface area contributed by atoms with Crippen molar-refractivity contribution < 1.29 is 34.4 Å². The van der Waals surface area contributed by atoms with Crippen molar-refractivity contribution in [2.24, 2.45) is 0 Å². The second-order valence-corrected chi connectivity index (χ2v) is 12.0. The van der Waals surface area contributed by atoms with Gasteiger partial charge in [-0.05, 0) is 47.2 Å². The van der Waals surface area contributed by atoms with Crippen LogP contribution in [0, 0.1) is 0 Å². The number of nitrogens with zero attached hydrogens (tertiary/aromatic N) is 1. The first-order valence-electron chi connectivity index (χ1n) is 15.0. The van der Waals surface area contributed by atoms with Gasteiger partial charge in [-0.3, -0.25) is 9.59 Å². The smallest absolute Gasteiger partial charge is 0.303 e. The highest BCUT2D eigenvalue weighted by Gasteiger charge is 2.37. The summed E-state index contributed by atoms with van der Waals surface area (Å²) < 4.78 is 13.0. The van der Waals surface area contributed by atoms with Gasteiger partial charge in [-0.2, -0.15) is 0 Å². The SMILES string of the molecule is O=C(O)CCC(=O)NCc1ccc([C@H]2O[C@@H](CN3CCC(O)(c4ccc(Cl)cc4)CC3)C[C@@H](c3ccc(CO)cc3)O2)cc1. The predicted octanol–water partition coefficient (Wildman–Crippen LogP) is 4.84. The van der Waals surface area contributed by atoms with E-state index in [-0.39, 0.29) is 37.6 Å². The van der Waals surface area contributed by atoms with Gasteiger partial charge in [0.25, 0.3) is 0 Å². The minimum Gasteiger partial charge on any atom is -0.481 e. The molecule has 2 saturated heterocycles. The number of ether oxygens (including phenoxy) is 2. The highest BCUT2D eigenvalue weighted by Crippen LogP contribution is 2.39. The average molecular weight is 623 g/mol. The number of benzene rings is 3. The maximum Gasteiger partial charge on any atom is 0.303 e. The van der Waals surface area contributed by atoms with E-state index in [0.717, 1.165) is 40.9 Å². The number of hydrogen-bond donors (Lipinski definition) is 4. The van der Waals surface area contributed by atoms with Crippen LogP contribution in [-0.2, 0) is 37.8 Å². The van der Waals surface area contributed by atoms with Gasteiger partial charge >= 0.3 is 5.97 Å². The van der Waals surface area contributed by atoms with Crippen LogP contribution in [0.2, 0.25) is 5.02 Å². The molecular weight excluding hydrogens is 584 g/mol. The number of carbonyl (C=O) groups is 2. The monoisotopic (exact) mass is 622 g/mol. The predicted molar refractivity (Wildman–Crippen MR) is 165 cm³/mol. The Morgan fingerprint density at radius 3 is 2.16 bits per heavy atom. The number of piperidine rings is 1. The van der Waals surface area contributed by atoms with Gasteiger partial charge in [-0.15, -0.1) is 0 Å². The van der Waals surface area contributed by atoms with E-state index in [1.807, 2.05) is 72.8 Å². The molecule has 2 heterocycles. The first-order valence-corrected chi connectivity index (χ1v) is 15.4. The van der Waals surface area contributed by atoms with Gasteiger partial charge in [0, 0.05) is 49.6 Å². The third-order valence-electron chi connectivity index (χ3n) is 8.45. The van der Waals surface area contributed by atoms with Crippen LogP contribution in [0.15, 0.2) is 72.8 Å². The lowest BCUT2D eigenvalue weighted by molar-refractivity contribution is -0.253. The number of carboxylic acids is 1. The summed E-state index contributed by atoms with van der Waals surface area (Å²) >= 11 is 6.05. The van der Waals surface area contributed by atoms with Gasteiger partial charge in [0.15, 0.2) is 6.29 Å². The molecule has 9 nitrogen and oxygen atoms in total. The highest BCUT2D eigenvalue weighted by molar-refractivity contribution is 6.30. The number of carbonyl (C=O) groups excluding carboxylic acids is 1. The fraction of sp³-hybridized carbons (Fsp3) is 0.412. The van der Waals surface area contributed by atoms with Crippen LogP contribution < -0.4 is 5.32 Å². The molecule has 1 amide bonds. The van der Waals surface area contributed by atoms with E-state index in [1.54, 1.807) is 0 Å².